The number of hydrogen-bond donors (Lipinski definition) is 1. The minimum absolute atomic E-state index is 0.0132. The number of carbonyl (C=O) groups excluding carboxylic acids is 1. The zero-order valence-electron chi connectivity index (χ0n) is 11.5. The lowest BCUT2D eigenvalue weighted by molar-refractivity contribution is -0.160. The molecule has 1 saturated heterocycles. The topological polar surface area (TPSA) is 57.6 Å². The number of amides is 1. The average molecular weight is 253 g/mol. The van der Waals surface area contributed by atoms with E-state index in [9.17, 15) is 14.7 Å². The zero-order chi connectivity index (χ0) is 13.5. The Hall–Kier alpha value is -1.06. The quantitative estimate of drug-likeness (QED) is 0.838. The summed E-state index contributed by atoms with van der Waals surface area (Å²) in [5.41, 5.74) is -0.330. The first-order valence-corrected chi connectivity index (χ1v) is 6.88. The van der Waals surface area contributed by atoms with Gasteiger partial charge in [0.2, 0.25) is 5.91 Å². The number of piperidine rings is 1. The fourth-order valence-electron chi connectivity index (χ4n) is 3.16. The molecule has 102 valence electrons. The Morgan fingerprint density at radius 2 is 1.94 bits per heavy atom. The molecule has 4 heteroatoms. The van der Waals surface area contributed by atoms with E-state index in [0.29, 0.717) is 12.5 Å². The minimum atomic E-state index is -0.865. The monoisotopic (exact) mass is 253 g/mol. The van der Waals surface area contributed by atoms with Crippen molar-refractivity contribution in [1.82, 2.24) is 4.90 Å². The molecule has 1 aliphatic heterocycles. The van der Waals surface area contributed by atoms with E-state index in [1.54, 1.807) is 4.90 Å². The lowest BCUT2D eigenvalue weighted by Gasteiger charge is -2.44. The summed E-state index contributed by atoms with van der Waals surface area (Å²) >= 11 is 0. The molecule has 0 bridgehead atoms. The summed E-state index contributed by atoms with van der Waals surface area (Å²) in [6.45, 7) is 6.44. The van der Waals surface area contributed by atoms with E-state index < -0.39 is 12.0 Å². The van der Waals surface area contributed by atoms with Gasteiger partial charge in [0.05, 0.1) is 0 Å². The average Bonchev–Trinajstić information content (AvgIpc) is 3.08. The van der Waals surface area contributed by atoms with E-state index in [-0.39, 0.29) is 17.2 Å². The van der Waals surface area contributed by atoms with Crippen molar-refractivity contribution in [2.24, 2.45) is 17.3 Å². The number of likely N-dealkylation sites (tertiary alicyclic amines) is 1. The van der Waals surface area contributed by atoms with E-state index in [1.165, 1.54) is 0 Å². The summed E-state index contributed by atoms with van der Waals surface area (Å²) in [5.74, 6) is -0.355. The van der Waals surface area contributed by atoms with Crippen molar-refractivity contribution in [3.63, 3.8) is 0 Å². The Kier molecular flexibility index (Phi) is 3.39. The maximum atomic E-state index is 12.4. The second-order valence-corrected chi connectivity index (χ2v) is 6.49. The van der Waals surface area contributed by atoms with Gasteiger partial charge in [-0.3, -0.25) is 4.79 Å². The largest absolute Gasteiger partial charge is 0.480 e. The van der Waals surface area contributed by atoms with Crippen molar-refractivity contribution in [3.05, 3.63) is 0 Å². The Morgan fingerprint density at radius 3 is 2.44 bits per heavy atom. The van der Waals surface area contributed by atoms with E-state index in [2.05, 4.69) is 0 Å². The minimum Gasteiger partial charge on any atom is -0.480 e. The lowest BCUT2D eigenvalue weighted by atomic mass is 9.76. The Labute approximate surface area is 108 Å². The van der Waals surface area contributed by atoms with Crippen LogP contribution in [0, 0.1) is 17.3 Å². The van der Waals surface area contributed by atoms with Crippen molar-refractivity contribution in [2.75, 3.05) is 6.54 Å². The Morgan fingerprint density at radius 1 is 1.33 bits per heavy atom. The van der Waals surface area contributed by atoms with Gasteiger partial charge in [0.25, 0.3) is 0 Å². The first kappa shape index (κ1) is 13.4. The highest BCUT2D eigenvalue weighted by molar-refractivity contribution is 5.86. The summed E-state index contributed by atoms with van der Waals surface area (Å²) in [4.78, 5) is 25.6. The molecule has 4 nitrogen and oxygen atoms in total. The summed E-state index contributed by atoms with van der Waals surface area (Å²) in [7, 11) is 0. The number of rotatable bonds is 3. The van der Waals surface area contributed by atoms with Gasteiger partial charge >= 0.3 is 5.97 Å². The Balaban J connectivity index is 2.18. The van der Waals surface area contributed by atoms with Crippen LogP contribution in [0.25, 0.3) is 0 Å². The van der Waals surface area contributed by atoms with Gasteiger partial charge in [0.15, 0.2) is 0 Å². The predicted octanol–water partition coefficient (Wildman–Crippen LogP) is 2.13. The highest BCUT2D eigenvalue weighted by Gasteiger charge is 2.46. The standard InChI is InChI=1S/C14H23NO3/c1-9(10-5-6-10)12(16)15-8-4-7-14(2,3)11(15)13(17)18/h9-11H,4-8H2,1-3H3,(H,17,18). The summed E-state index contributed by atoms with van der Waals surface area (Å²) in [5, 5.41) is 9.44. The molecule has 0 aromatic rings. The van der Waals surface area contributed by atoms with Crippen LogP contribution < -0.4 is 0 Å². The van der Waals surface area contributed by atoms with Gasteiger partial charge in [0.1, 0.15) is 6.04 Å². The fourth-order valence-corrected chi connectivity index (χ4v) is 3.16. The molecule has 1 aliphatic carbocycles. The first-order valence-electron chi connectivity index (χ1n) is 6.88. The first-order chi connectivity index (χ1) is 8.34. The number of nitrogens with zero attached hydrogens (tertiary/aromatic N) is 1. The van der Waals surface area contributed by atoms with Crippen molar-refractivity contribution in [2.45, 2.75) is 52.5 Å². The number of carboxylic acid groups (broad SMARTS) is 1. The smallest absolute Gasteiger partial charge is 0.326 e. The lowest BCUT2D eigenvalue weighted by Crippen LogP contribution is -2.57. The van der Waals surface area contributed by atoms with Gasteiger partial charge in [-0.05, 0) is 37.0 Å². The van der Waals surface area contributed by atoms with Crippen LogP contribution in [0.5, 0.6) is 0 Å². The third-order valence-corrected chi connectivity index (χ3v) is 4.51. The van der Waals surface area contributed by atoms with Crippen LogP contribution in [0.4, 0.5) is 0 Å². The van der Waals surface area contributed by atoms with Crippen molar-refractivity contribution < 1.29 is 14.7 Å². The molecule has 1 N–H and O–H groups in total. The summed E-state index contributed by atoms with van der Waals surface area (Å²) in [6.07, 6.45) is 4.00. The molecule has 2 rings (SSSR count). The fraction of sp³-hybridized carbons (Fsp3) is 0.857. The van der Waals surface area contributed by atoms with Crippen LogP contribution in [-0.4, -0.2) is 34.5 Å². The molecular formula is C14H23NO3. The zero-order valence-corrected chi connectivity index (χ0v) is 11.5. The van der Waals surface area contributed by atoms with Crippen molar-refractivity contribution in [3.8, 4) is 0 Å². The number of hydrogen-bond acceptors (Lipinski definition) is 2. The van der Waals surface area contributed by atoms with Gasteiger partial charge in [-0.2, -0.15) is 0 Å². The van der Waals surface area contributed by atoms with Gasteiger partial charge in [-0.1, -0.05) is 20.8 Å². The highest BCUT2D eigenvalue weighted by Crippen LogP contribution is 2.40. The van der Waals surface area contributed by atoms with Crippen molar-refractivity contribution >= 4 is 11.9 Å². The second kappa shape index (κ2) is 4.56. The predicted molar refractivity (Wildman–Crippen MR) is 68.0 cm³/mol. The van der Waals surface area contributed by atoms with Crippen LogP contribution in [0.2, 0.25) is 0 Å². The molecule has 0 spiro atoms. The third-order valence-electron chi connectivity index (χ3n) is 4.51. The van der Waals surface area contributed by atoms with E-state index in [4.69, 9.17) is 0 Å². The molecule has 18 heavy (non-hydrogen) atoms. The maximum absolute atomic E-state index is 12.4. The van der Waals surface area contributed by atoms with Gasteiger partial charge in [0, 0.05) is 12.5 Å². The number of aliphatic carboxylic acids is 1. The third kappa shape index (κ3) is 2.38. The van der Waals surface area contributed by atoms with Crippen LogP contribution in [0.15, 0.2) is 0 Å². The number of carboxylic acids is 1. The SMILES string of the molecule is CC(C(=O)N1CCCC(C)(C)C1C(=O)O)C1CC1. The molecule has 0 aromatic heterocycles. The van der Waals surface area contributed by atoms with E-state index in [0.717, 1.165) is 25.7 Å². The highest BCUT2D eigenvalue weighted by atomic mass is 16.4. The van der Waals surface area contributed by atoms with Crippen molar-refractivity contribution in [1.29, 1.82) is 0 Å². The molecule has 1 saturated carbocycles. The molecule has 2 fully saturated rings. The normalized spacial score (nSPS) is 28.8. The van der Waals surface area contributed by atoms with E-state index >= 15 is 0 Å². The Bertz CT molecular complexity index is 360. The van der Waals surface area contributed by atoms with Crippen LogP contribution in [0.1, 0.15) is 46.5 Å². The van der Waals surface area contributed by atoms with Crippen LogP contribution >= 0.6 is 0 Å². The maximum Gasteiger partial charge on any atom is 0.326 e. The van der Waals surface area contributed by atoms with Gasteiger partial charge < -0.3 is 10.0 Å². The molecule has 1 heterocycles. The second-order valence-electron chi connectivity index (χ2n) is 6.49. The molecule has 0 radical (unpaired) electrons. The molecule has 0 aromatic carbocycles. The molecule has 1 amide bonds. The van der Waals surface area contributed by atoms with Crippen LogP contribution in [0.3, 0.4) is 0 Å². The summed E-state index contributed by atoms with van der Waals surface area (Å²) in [6, 6.07) is -0.667. The van der Waals surface area contributed by atoms with Crippen LogP contribution in [-0.2, 0) is 9.59 Å². The molecule has 2 unspecified atom stereocenters. The number of carbonyl (C=O) groups is 2. The van der Waals surface area contributed by atoms with Gasteiger partial charge in [-0.25, -0.2) is 4.79 Å². The van der Waals surface area contributed by atoms with E-state index in [1.807, 2.05) is 20.8 Å². The van der Waals surface area contributed by atoms with Gasteiger partial charge in [-0.15, -0.1) is 0 Å². The molecular weight excluding hydrogens is 230 g/mol. The molecule has 2 atom stereocenters. The summed E-state index contributed by atoms with van der Waals surface area (Å²) < 4.78 is 0. The molecule has 2 aliphatic rings.